The fraction of sp³-hybridized carbons (Fsp3) is 0.538. The van der Waals surface area contributed by atoms with Crippen LogP contribution in [0.2, 0.25) is 0 Å². The summed E-state index contributed by atoms with van der Waals surface area (Å²) in [5.74, 6) is -0.503. The maximum atomic E-state index is 12.2. The molecule has 106 valence electrons. The predicted octanol–water partition coefficient (Wildman–Crippen LogP) is 0.157. The van der Waals surface area contributed by atoms with Crippen molar-refractivity contribution in [1.82, 2.24) is 10.2 Å². The Morgan fingerprint density at radius 1 is 1.30 bits per heavy atom. The lowest BCUT2D eigenvalue weighted by Crippen LogP contribution is -2.42. The Morgan fingerprint density at radius 2 is 1.95 bits per heavy atom. The van der Waals surface area contributed by atoms with Crippen LogP contribution < -0.4 is 5.32 Å². The molecule has 2 atom stereocenters. The lowest BCUT2D eigenvalue weighted by Gasteiger charge is -2.14. The van der Waals surface area contributed by atoms with Crippen molar-refractivity contribution >= 4 is 34.7 Å². The van der Waals surface area contributed by atoms with E-state index < -0.39 is 0 Å². The summed E-state index contributed by atoms with van der Waals surface area (Å²) in [5.41, 5.74) is 0. The third-order valence-corrected chi connectivity index (χ3v) is 4.62. The molecule has 0 spiro atoms. The third kappa shape index (κ3) is 2.37. The summed E-state index contributed by atoms with van der Waals surface area (Å²) in [6, 6.07) is 0. The average molecular weight is 293 g/mol. The number of carbonyl (C=O) groups is 3. The number of rotatable bonds is 2. The number of likely N-dealkylation sites (tertiary alicyclic amines) is 1. The number of aliphatic imine (C=N–C) groups is 1. The van der Waals surface area contributed by atoms with Crippen LogP contribution in [0.4, 0.5) is 0 Å². The summed E-state index contributed by atoms with van der Waals surface area (Å²) in [6.45, 7) is 0.488. The van der Waals surface area contributed by atoms with Gasteiger partial charge in [-0.25, -0.2) is 0 Å². The van der Waals surface area contributed by atoms with Crippen molar-refractivity contribution in [3.8, 4) is 0 Å². The molecule has 0 bridgehead atoms. The second-order valence-electron chi connectivity index (χ2n) is 5.00. The SMILES string of the molecule is O=C(CN1C(=O)[C@@H]2CC=CC[C@H]2C1=O)NC1=NCCS1. The molecule has 0 saturated carbocycles. The van der Waals surface area contributed by atoms with Gasteiger partial charge in [0.1, 0.15) is 6.54 Å². The minimum Gasteiger partial charge on any atom is -0.304 e. The van der Waals surface area contributed by atoms with E-state index in [1.165, 1.54) is 11.8 Å². The van der Waals surface area contributed by atoms with Crippen molar-refractivity contribution < 1.29 is 14.4 Å². The van der Waals surface area contributed by atoms with E-state index in [4.69, 9.17) is 0 Å². The number of amidine groups is 1. The molecule has 1 N–H and O–H groups in total. The van der Waals surface area contributed by atoms with Gasteiger partial charge in [-0.05, 0) is 12.8 Å². The van der Waals surface area contributed by atoms with Crippen molar-refractivity contribution in [2.75, 3.05) is 18.8 Å². The molecule has 0 aromatic carbocycles. The van der Waals surface area contributed by atoms with Gasteiger partial charge in [-0.15, -0.1) is 0 Å². The molecule has 0 aromatic rings. The summed E-state index contributed by atoms with van der Waals surface area (Å²) < 4.78 is 0. The van der Waals surface area contributed by atoms with Gasteiger partial charge < -0.3 is 5.32 Å². The zero-order valence-corrected chi connectivity index (χ0v) is 11.7. The number of hydrogen-bond donors (Lipinski definition) is 1. The van der Waals surface area contributed by atoms with Crippen LogP contribution in [0.15, 0.2) is 17.1 Å². The molecular weight excluding hydrogens is 278 g/mol. The van der Waals surface area contributed by atoms with Crippen LogP contribution in [-0.4, -0.2) is 46.6 Å². The molecule has 3 rings (SSSR count). The molecule has 2 heterocycles. The average Bonchev–Trinajstić information content (AvgIpc) is 3.03. The predicted molar refractivity (Wildman–Crippen MR) is 75.0 cm³/mol. The van der Waals surface area contributed by atoms with E-state index in [0.717, 1.165) is 10.7 Å². The van der Waals surface area contributed by atoms with E-state index in [2.05, 4.69) is 10.3 Å². The lowest BCUT2D eigenvalue weighted by atomic mass is 9.85. The van der Waals surface area contributed by atoms with Gasteiger partial charge in [0, 0.05) is 5.75 Å². The van der Waals surface area contributed by atoms with Crippen molar-refractivity contribution in [3.05, 3.63) is 12.2 Å². The highest BCUT2D eigenvalue weighted by Gasteiger charge is 2.47. The molecular formula is C13H15N3O3S. The van der Waals surface area contributed by atoms with Gasteiger partial charge in [-0.3, -0.25) is 24.3 Å². The van der Waals surface area contributed by atoms with Gasteiger partial charge in [0.15, 0.2) is 5.17 Å². The van der Waals surface area contributed by atoms with Crippen LogP contribution >= 0.6 is 11.8 Å². The molecule has 20 heavy (non-hydrogen) atoms. The van der Waals surface area contributed by atoms with Crippen LogP contribution in [-0.2, 0) is 14.4 Å². The number of carbonyl (C=O) groups excluding carboxylic acids is 3. The third-order valence-electron chi connectivity index (χ3n) is 3.73. The molecule has 7 heteroatoms. The first-order chi connectivity index (χ1) is 9.66. The number of hydrogen-bond acceptors (Lipinski definition) is 5. The number of imide groups is 1. The van der Waals surface area contributed by atoms with Crippen LogP contribution in [0.1, 0.15) is 12.8 Å². The van der Waals surface area contributed by atoms with Gasteiger partial charge in [0.2, 0.25) is 17.7 Å². The van der Waals surface area contributed by atoms with E-state index >= 15 is 0 Å². The quantitative estimate of drug-likeness (QED) is 0.581. The Morgan fingerprint density at radius 3 is 2.50 bits per heavy atom. The molecule has 6 nitrogen and oxygen atoms in total. The Hall–Kier alpha value is -1.63. The Kier molecular flexibility index (Phi) is 3.60. The second-order valence-corrected chi connectivity index (χ2v) is 6.09. The molecule has 3 amide bonds. The van der Waals surface area contributed by atoms with Crippen molar-refractivity contribution in [2.24, 2.45) is 16.8 Å². The Labute approximate surface area is 120 Å². The van der Waals surface area contributed by atoms with Gasteiger partial charge >= 0.3 is 0 Å². The molecule has 0 radical (unpaired) electrons. The molecule has 1 saturated heterocycles. The van der Waals surface area contributed by atoms with Crippen LogP contribution in [0.3, 0.4) is 0 Å². The molecule has 0 aromatic heterocycles. The summed E-state index contributed by atoms with van der Waals surface area (Å²) in [7, 11) is 0. The number of fused-ring (bicyclic) bond motifs is 1. The largest absolute Gasteiger partial charge is 0.304 e. The number of nitrogens with one attached hydrogen (secondary N) is 1. The van der Waals surface area contributed by atoms with Gasteiger partial charge in [0.05, 0.1) is 18.4 Å². The number of amides is 3. The van der Waals surface area contributed by atoms with Crippen LogP contribution in [0, 0.1) is 11.8 Å². The van der Waals surface area contributed by atoms with Crippen molar-refractivity contribution in [1.29, 1.82) is 0 Å². The van der Waals surface area contributed by atoms with Crippen molar-refractivity contribution in [2.45, 2.75) is 12.8 Å². The number of allylic oxidation sites excluding steroid dienone is 2. The second kappa shape index (κ2) is 5.40. The first-order valence-corrected chi connectivity index (χ1v) is 7.62. The summed E-state index contributed by atoms with van der Waals surface area (Å²) in [6.07, 6.45) is 5.05. The minimum absolute atomic E-state index is 0.204. The Balaban J connectivity index is 1.64. The Bertz CT molecular complexity index is 503. The zero-order valence-electron chi connectivity index (χ0n) is 10.9. The lowest BCUT2D eigenvalue weighted by molar-refractivity contribution is -0.143. The van der Waals surface area contributed by atoms with E-state index in [0.29, 0.717) is 24.6 Å². The molecule has 1 aliphatic carbocycles. The van der Waals surface area contributed by atoms with E-state index in [1.54, 1.807) is 0 Å². The van der Waals surface area contributed by atoms with Gasteiger partial charge in [-0.2, -0.15) is 0 Å². The fourth-order valence-corrected chi connectivity index (χ4v) is 3.48. The molecule has 2 aliphatic heterocycles. The first kappa shape index (κ1) is 13.4. The summed E-state index contributed by atoms with van der Waals surface area (Å²) in [4.78, 5) is 41.4. The smallest absolute Gasteiger partial charge is 0.246 e. The summed E-state index contributed by atoms with van der Waals surface area (Å²) in [5, 5.41) is 3.22. The van der Waals surface area contributed by atoms with E-state index in [1.807, 2.05) is 12.2 Å². The van der Waals surface area contributed by atoms with Gasteiger partial charge in [0.25, 0.3) is 0 Å². The van der Waals surface area contributed by atoms with Crippen LogP contribution in [0.5, 0.6) is 0 Å². The van der Waals surface area contributed by atoms with E-state index in [-0.39, 0.29) is 36.1 Å². The maximum absolute atomic E-state index is 12.2. The van der Waals surface area contributed by atoms with Gasteiger partial charge in [-0.1, -0.05) is 23.9 Å². The van der Waals surface area contributed by atoms with Crippen molar-refractivity contribution in [3.63, 3.8) is 0 Å². The first-order valence-electron chi connectivity index (χ1n) is 6.64. The standard InChI is InChI=1S/C13H15N3O3S/c17-10(15-13-14-5-6-20-13)7-16-11(18)8-3-1-2-4-9(8)12(16)19/h1-2,8-9H,3-7H2,(H,14,15,17)/t8-,9-/m1/s1. The monoisotopic (exact) mass is 293 g/mol. The van der Waals surface area contributed by atoms with E-state index in [9.17, 15) is 14.4 Å². The number of nitrogens with zero attached hydrogens (tertiary/aromatic N) is 2. The molecule has 1 fully saturated rings. The summed E-state index contributed by atoms with van der Waals surface area (Å²) >= 11 is 1.47. The highest BCUT2D eigenvalue weighted by atomic mass is 32.2. The van der Waals surface area contributed by atoms with Crippen LogP contribution in [0.25, 0.3) is 0 Å². The normalized spacial score (nSPS) is 28.6. The topological polar surface area (TPSA) is 78.8 Å². The number of thioether (sulfide) groups is 1. The highest BCUT2D eigenvalue weighted by molar-refractivity contribution is 8.14. The maximum Gasteiger partial charge on any atom is 0.246 e. The highest BCUT2D eigenvalue weighted by Crippen LogP contribution is 2.34. The molecule has 3 aliphatic rings. The fourth-order valence-electron chi connectivity index (χ4n) is 2.74. The minimum atomic E-state index is -0.355. The molecule has 0 unspecified atom stereocenters. The zero-order chi connectivity index (χ0) is 14.1.